The molecule has 212 valence electrons. The van der Waals surface area contributed by atoms with Crippen LogP contribution in [0.3, 0.4) is 0 Å². The van der Waals surface area contributed by atoms with E-state index in [1.165, 1.54) is 5.06 Å². The van der Waals surface area contributed by atoms with E-state index in [0.717, 1.165) is 41.6 Å². The Morgan fingerprint density at radius 1 is 0.900 bits per heavy atom. The Bertz CT molecular complexity index is 1220. The molecule has 3 rings (SSSR count). The summed E-state index contributed by atoms with van der Waals surface area (Å²) in [7, 11) is 3.98. The highest BCUT2D eigenvalue weighted by Gasteiger charge is 2.22. The standard InChI is InChI=1S/C32H40N4O4/c1-4-5-7-13-29(21-36(24-37)40-22-25-11-8-6-9-12-25)32(39)34-23-33-31(38)28-15-10-14-27(20-28)26-16-18-30(19-17-26)35(2)3/h6,8-12,14-20,24,29H,4-5,7,13,21-23H2,1-3H3,(H,33,38)(H,34,39)/t29-/m1/s1. The van der Waals surface area contributed by atoms with E-state index in [1.807, 2.05) is 91.8 Å². The highest BCUT2D eigenvalue weighted by molar-refractivity contribution is 5.95. The minimum atomic E-state index is -0.460. The lowest BCUT2D eigenvalue weighted by Gasteiger charge is -2.23. The molecule has 8 nitrogen and oxygen atoms in total. The number of carbonyl (C=O) groups is 3. The van der Waals surface area contributed by atoms with Crippen LogP contribution in [-0.4, -0.2) is 50.6 Å². The predicted octanol–water partition coefficient (Wildman–Crippen LogP) is 5.01. The number of rotatable bonds is 16. The van der Waals surface area contributed by atoms with Crippen molar-refractivity contribution in [3.63, 3.8) is 0 Å². The summed E-state index contributed by atoms with van der Waals surface area (Å²) in [5, 5.41) is 6.76. The van der Waals surface area contributed by atoms with E-state index >= 15 is 0 Å². The summed E-state index contributed by atoms with van der Waals surface area (Å²) in [6.45, 7) is 2.45. The smallest absolute Gasteiger partial charge is 0.252 e. The van der Waals surface area contributed by atoms with Gasteiger partial charge in [-0.25, -0.2) is 5.06 Å². The highest BCUT2D eigenvalue weighted by atomic mass is 16.7. The molecule has 8 heteroatoms. The molecule has 0 aliphatic heterocycles. The average molecular weight is 545 g/mol. The number of hydroxylamine groups is 2. The lowest BCUT2D eigenvalue weighted by Crippen LogP contribution is -2.43. The second-order valence-corrected chi connectivity index (χ2v) is 9.90. The third kappa shape index (κ3) is 9.54. The number of unbranched alkanes of at least 4 members (excludes halogenated alkanes) is 2. The second-order valence-electron chi connectivity index (χ2n) is 9.90. The van der Waals surface area contributed by atoms with Crippen LogP contribution in [0.15, 0.2) is 78.9 Å². The zero-order valence-electron chi connectivity index (χ0n) is 23.6. The van der Waals surface area contributed by atoms with Crippen molar-refractivity contribution in [3.8, 4) is 11.1 Å². The Kier molecular flexibility index (Phi) is 12.2. The highest BCUT2D eigenvalue weighted by Crippen LogP contribution is 2.23. The van der Waals surface area contributed by atoms with Crippen LogP contribution in [0.5, 0.6) is 0 Å². The summed E-state index contributed by atoms with van der Waals surface area (Å²) in [4.78, 5) is 45.2. The first-order valence-electron chi connectivity index (χ1n) is 13.7. The number of hydrogen-bond donors (Lipinski definition) is 2. The van der Waals surface area contributed by atoms with E-state index in [9.17, 15) is 14.4 Å². The molecule has 40 heavy (non-hydrogen) atoms. The number of hydrogen-bond acceptors (Lipinski definition) is 5. The summed E-state index contributed by atoms with van der Waals surface area (Å²) in [5.41, 5.74) is 4.48. The molecule has 3 aromatic carbocycles. The Labute approximate surface area is 237 Å². The molecule has 3 aromatic rings. The van der Waals surface area contributed by atoms with Crippen LogP contribution in [0.25, 0.3) is 11.1 Å². The van der Waals surface area contributed by atoms with Crippen molar-refractivity contribution in [1.82, 2.24) is 15.7 Å². The van der Waals surface area contributed by atoms with Crippen LogP contribution in [0.1, 0.15) is 48.5 Å². The second kappa shape index (κ2) is 16.1. The van der Waals surface area contributed by atoms with Gasteiger partial charge in [-0.15, -0.1) is 0 Å². The fraction of sp³-hybridized carbons (Fsp3) is 0.344. The van der Waals surface area contributed by atoms with E-state index in [4.69, 9.17) is 4.84 Å². The molecule has 2 N–H and O–H groups in total. The minimum Gasteiger partial charge on any atom is -0.378 e. The van der Waals surface area contributed by atoms with Crippen molar-refractivity contribution in [3.05, 3.63) is 90.0 Å². The maximum atomic E-state index is 13.0. The van der Waals surface area contributed by atoms with Gasteiger partial charge in [-0.05, 0) is 47.4 Å². The molecule has 0 fully saturated rings. The Balaban J connectivity index is 1.55. The maximum Gasteiger partial charge on any atom is 0.252 e. The molecule has 0 heterocycles. The lowest BCUT2D eigenvalue weighted by atomic mass is 10.00. The SMILES string of the molecule is CCCCC[C@H](CN(C=O)OCc1ccccc1)C(=O)NCNC(=O)c1cccc(-c2ccc(N(C)C)cc2)c1. The quantitative estimate of drug-likeness (QED) is 0.115. The van der Waals surface area contributed by atoms with Gasteiger partial charge in [0.15, 0.2) is 0 Å². The van der Waals surface area contributed by atoms with E-state index in [1.54, 1.807) is 6.07 Å². The van der Waals surface area contributed by atoms with Crippen molar-refractivity contribution in [2.24, 2.45) is 5.92 Å². The van der Waals surface area contributed by atoms with Gasteiger partial charge in [-0.2, -0.15) is 0 Å². The first-order chi connectivity index (χ1) is 19.4. The maximum absolute atomic E-state index is 13.0. The predicted molar refractivity (Wildman–Crippen MR) is 158 cm³/mol. The fourth-order valence-corrected chi connectivity index (χ4v) is 4.27. The largest absolute Gasteiger partial charge is 0.378 e. The van der Waals surface area contributed by atoms with Crippen molar-refractivity contribution >= 4 is 23.9 Å². The number of anilines is 1. The van der Waals surface area contributed by atoms with Crippen LogP contribution in [0, 0.1) is 5.92 Å². The summed E-state index contributed by atoms with van der Waals surface area (Å²) < 4.78 is 0. The van der Waals surface area contributed by atoms with Crippen molar-refractivity contribution in [2.45, 2.75) is 39.2 Å². The van der Waals surface area contributed by atoms with Crippen molar-refractivity contribution in [1.29, 1.82) is 0 Å². The van der Waals surface area contributed by atoms with E-state index in [2.05, 4.69) is 17.6 Å². The zero-order chi connectivity index (χ0) is 28.7. The van der Waals surface area contributed by atoms with Gasteiger partial charge in [-0.3, -0.25) is 19.2 Å². The van der Waals surface area contributed by atoms with E-state index < -0.39 is 5.92 Å². The van der Waals surface area contributed by atoms with Gasteiger partial charge in [-0.1, -0.05) is 80.8 Å². The molecule has 0 aliphatic rings. The first-order valence-corrected chi connectivity index (χ1v) is 13.7. The Morgan fingerprint density at radius 3 is 2.33 bits per heavy atom. The monoisotopic (exact) mass is 544 g/mol. The van der Waals surface area contributed by atoms with Gasteiger partial charge in [0.25, 0.3) is 5.91 Å². The molecule has 0 aliphatic carbocycles. The number of carbonyl (C=O) groups excluding carboxylic acids is 3. The summed E-state index contributed by atoms with van der Waals surface area (Å²) in [6.07, 6.45) is 4.08. The minimum absolute atomic E-state index is 0.0182. The zero-order valence-corrected chi connectivity index (χ0v) is 23.6. The van der Waals surface area contributed by atoms with Gasteiger partial charge in [0, 0.05) is 25.3 Å². The van der Waals surface area contributed by atoms with Crippen LogP contribution in [0.2, 0.25) is 0 Å². The third-order valence-electron chi connectivity index (χ3n) is 6.64. The number of nitrogens with zero attached hydrogens (tertiary/aromatic N) is 2. The molecule has 0 saturated heterocycles. The van der Waals surface area contributed by atoms with Gasteiger partial charge in [0.1, 0.15) is 6.61 Å². The van der Waals surface area contributed by atoms with Crippen molar-refractivity contribution in [2.75, 3.05) is 32.2 Å². The average Bonchev–Trinajstić information content (AvgIpc) is 2.99. The summed E-state index contributed by atoms with van der Waals surface area (Å²) >= 11 is 0. The van der Waals surface area contributed by atoms with Crippen LogP contribution in [0.4, 0.5) is 5.69 Å². The number of benzene rings is 3. The normalized spacial score (nSPS) is 11.4. The first kappa shape index (κ1) is 30.4. The third-order valence-corrected chi connectivity index (χ3v) is 6.64. The van der Waals surface area contributed by atoms with E-state index in [-0.39, 0.29) is 31.6 Å². The lowest BCUT2D eigenvalue weighted by molar-refractivity contribution is -0.182. The molecule has 3 amide bonds. The molecule has 1 atom stereocenters. The van der Waals surface area contributed by atoms with Crippen molar-refractivity contribution < 1.29 is 19.2 Å². The Morgan fingerprint density at radius 2 is 1.65 bits per heavy atom. The summed E-state index contributed by atoms with van der Waals surface area (Å²) in [5.74, 6) is -0.977. The molecule has 0 bridgehead atoms. The molecule has 0 saturated carbocycles. The molecular weight excluding hydrogens is 504 g/mol. The fourth-order valence-electron chi connectivity index (χ4n) is 4.27. The van der Waals surface area contributed by atoms with Gasteiger partial charge in [0.2, 0.25) is 12.3 Å². The van der Waals surface area contributed by atoms with E-state index in [0.29, 0.717) is 18.4 Å². The Hall–Kier alpha value is -4.17. The molecule has 0 aromatic heterocycles. The van der Waals surface area contributed by atoms with Gasteiger partial charge < -0.3 is 15.5 Å². The molecular formula is C32H40N4O4. The number of nitrogens with one attached hydrogen (secondary N) is 2. The molecule has 0 unspecified atom stereocenters. The van der Waals surface area contributed by atoms with Gasteiger partial charge >= 0.3 is 0 Å². The number of amides is 3. The van der Waals surface area contributed by atoms with Crippen LogP contribution >= 0.6 is 0 Å². The molecule has 0 spiro atoms. The topological polar surface area (TPSA) is 91.0 Å². The van der Waals surface area contributed by atoms with Crippen LogP contribution < -0.4 is 15.5 Å². The summed E-state index contributed by atoms with van der Waals surface area (Å²) in [6, 6.07) is 25.0. The van der Waals surface area contributed by atoms with Crippen LogP contribution in [-0.2, 0) is 21.0 Å². The van der Waals surface area contributed by atoms with Gasteiger partial charge in [0.05, 0.1) is 19.1 Å². The molecule has 0 radical (unpaired) electrons.